The second kappa shape index (κ2) is 16.0. The van der Waals surface area contributed by atoms with Gasteiger partial charge in [0.25, 0.3) is 0 Å². The minimum Gasteiger partial charge on any atom is -0.494 e. The number of rotatable bonds is 15. The fourth-order valence-electron chi connectivity index (χ4n) is 4.44. The van der Waals surface area contributed by atoms with Crippen LogP contribution in [-0.4, -0.2) is 44.0 Å². The van der Waals surface area contributed by atoms with Crippen LogP contribution in [0.2, 0.25) is 5.02 Å². The SMILES string of the molecule is Cc1cc(Cl)cc(C(=O)Oc2ccc(OCCCCCCCCNC(=O)CC3=CC(N(C)C)=CCC3)cc2)c1. The van der Waals surface area contributed by atoms with E-state index in [2.05, 4.69) is 22.4 Å². The lowest BCUT2D eigenvalue weighted by Crippen LogP contribution is -2.25. The zero-order valence-electron chi connectivity index (χ0n) is 23.4. The van der Waals surface area contributed by atoms with Gasteiger partial charge in [0, 0.05) is 37.8 Å². The van der Waals surface area contributed by atoms with E-state index in [9.17, 15) is 9.59 Å². The zero-order valence-corrected chi connectivity index (χ0v) is 24.2. The summed E-state index contributed by atoms with van der Waals surface area (Å²) in [5.41, 5.74) is 3.73. The van der Waals surface area contributed by atoms with Crippen molar-refractivity contribution in [2.45, 2.75) is 64.7 Å². The van der Waals surface area contributed by atoms with Gasteiger partial charge in [-0.3, -0.25) is 4.79 Å². The number of allylic oxidation sites excluding steroid dienone is 2. The number of carbonyl (C=O) groups excluding carboxylic acids is 2. The number of amides is 1. The first-order chi connectivity index (χ1) is 18.8. The zero-order chi connectivity index (χ0) is 28.0. The molecule has 2 aromatic carbocycles. The van der Waals surface area contributed by atoms with Gasteiger partial charge in [-0.2, -0.15) is 0 Å². The van der Waals surface area contributed by atoms with Crippen LogP contribution in [0.5, 0.6) is 11.5 Å². The first-order valence-corrected chi connectivity index (χ1v) is 14.2. The molecule has 2 aromatic rings. The number of aryl methyl sites for hydroxylation is 1. The second-order valence-corrected chi connectivity index (χ2v) is 10.7. The Hall–Kier alpha value is -3.25. The quantitative estimate of drug-likeness (QED) is 0.143. The van der Waals surface area contributed by atoms with Gasteiger partial charge in [0.1, 0.15) is 11.5 Å². The number of halogens is 1. The summed E-state index contributed by atoms with van der Waals surface area (Å²) >= 11 is 6.03. The average molecular weight is 553 g/mol. The molecule has 3 rings (SSSR count). The van der Waals surface area contributed by atoms with Crippen molar-refractivity contribution in [2.24, 2.45) is 0 Å². The molecule has 7 heteroatoms. The number of nitrogens with one attached hydrogen (secondary N) is 1. The normalized spacial score (nSPS) is 12.8. The van der Waals surface area contributed by atoms with Gasteiger partial charge in [-0.25, -0.2) is 4.79 Å². The highest BCUT2D eigenvalue weighted by molar-refractivity contribution is 6.31. The Labute approximate surface area is 238 Å². The summed E-state index contributed by atoms with van der Waals surface area (Å²) in [5.74, 6) is 0.899. The van der Waals surface area contributed by atoms with Crippen molar-refractivity contribution < 1.29 is 19.1 Å². The van der Waals surface area contributed by atoms with Crippen molar-refractivity contribution >= 4 is 23.5 Å². The molecule has 0 unspecified atom stereocenters. The first kappa shape index (κ1) is 30.3. The molecule has 0 aromatic heterocycles. The Morgan fingerprint density at radius 1 is 0.949 bits per heavy atom. The Bertz CT molecular complexity index is 1140. The predicted octanol–water partition coefficient (Wildman–Crippen LogP) is 7.26. The molecule has 0 radical (unpaired) electrons. The van der Waals surface area contributed by atoms with Crippen LogP contribution in [0.15, 0.2) is 65.9 Å². The Morgan fingerprint density at radius 3 is 2.36 bits per heavy atom. The molecule has 0 saturated heterocycles. The highest BCUT2D eigenvalue weighted by Gasteiger charge is 2.12. The molecule has 39 heavy (non-hydrogen) atoms. The first-order valence-electron chi connectivity index (χ1n) is 13.9. The Morgan fingerprint density at radius 2 is 1.64 bits per heavy atom. The van der Waals surface area contributed by atoms with Crippen LogP contribution in [0, 0.1) is 6.92 Å². The highest BCUT2D eigenvalue weighted by Crippen LogP contribution is 2.22. The largest absolute Gasteiger partial charge is 0.494 e. The van der Waals surface area contributed by atoms with Gasteiger partial charge in [-0.15, -0.1) is 0 Å². The van der Waals surface area contributed by atoms with Crippen LogP contribution in [0.3, 0.4) is 0 Å². The van der Waals surface area contributed by atoms with Crippen molar-refractivity contribution in [3.63, 3.8) is 0 Å². The van der Waals surface area contributed by atoms with Gasteiger partial charge < -0.3 is 19.7 Å². The molecule has 1 aliphatic carbocycles. The maximum absolute atomic E-state index is 12.4. The van der Waals surface area contributed by atoms with Crippen LogP contribution in [-0.2, 0) is 4.79 Å². The van der Waals surface area contributed by atoms with Crippen molar-refractivity contribution in [2.75, 3.05) is 27.2 Å². The summed E-state index contributed by atoms with van der Waals surface area (Å²) in [6.07, 6.45) is 13.4. The fraction of sp³-hybridized carbons (Fsp3) is 0.438. The standard InChI is InChI=1S/C32H41ClN2O4/c1-24-19-26(23-27(33)20-24)32(37)39-30-15-13-29(14-16-30)38-18-9-7-5-4-6-8-17-34-31(36)22-25-11-10-12-28(21-25)35(2)3/h12-16,19-21,23H,4-11,17-18,22H2,1-3H3,(H,34,36). The summed E-state index contributed by atoms with van der Waals surface area (Å²) in [4.78, 5) is 26.7. The molecule has 6 nitrogen and oxygen atoms in total. The van der Waals surface area contributed by atoms with Crippen molar-refractivity contribution in [3.05, 3.63) is 82.0 Å². The van der Waals surface area contributed by atoms with E-state index in [-0.39, 0.29) is 5.91 Å². The molecule has 0 heterocycles. The smallest absolute Gasteiger partial charge is 0.343 e. The van der Waals surface area contributed by atoms with Gasteiger partial charge in [-0.1, -0.05) is 48.9 Å². The van der Waals surface area contributed by atoms with Gasteiger partial charge >= 0.3 is 5.97 Å². The molecule has 0 fully saturated rings. The minimum atomic E-state index is -0.440. The Kier molecular flexibility index (Phi) is 12.4. The van der Waals surface area contributed by atoms with Crippen molar-refractivity contribution in [3.8, 4) is 11.5 Å². The summed E-state index contributed by atoms with van der Waals surface area (Å²) in [6.45, 7) is 3.28. The number of nitrogens with zero attached hydrogens (tertiary/aromatic N) is 1. The molecular formula is C32H41ClN2O4. The van der Waals surface area contributed by atoms with Gasteiger partial charge in [0.2, 0.25) is 5.91 Å². The number of unbranched alkanes of at least 4 members (excludes halogenated alkanes) is 5. The predicted molar refractivity (Wildman–Crippen MR) is 158 cm³/mol. The third-order valence-corrected chi connectivity index (χ3v) is 6.77. The summed E-state index contributed by atoms with van der Waals surface area (Å²) in [6, 6.07) is 12.2. The van der Waals surface area contributed by atoms with Crippen LogP contribution in [0.1, 0.15) is 73.7 Å². The van der Waals surface area contributed by atoms with Crippen LogP contribution in [0.25, 0.3) is 0 Å². The maximum atomic E-state index is 12.4. The molecular weight excluding hydrogens is 512 g/mol. The average Bonchev–Trinajstić information content (AvgIpc) is 2.90. The molecule has 0 saturated carbocycles. The number of benzene rings is 2. The monoisotopic (exact) mass is 552 g/mol. The number of hydrogen-bond acceptors (Lipinski definition) is 5. The maximum Gasteiger partial charge on any atom is 0.343 e. The number of esters is 1. The molecule has 210 valence electrons. The van der Waals surface area contributed by atoms with E-state index in [0.717, 1.165) is 69.2 Å². The van der Waals surface area contributed by atoms with E-state index in [1.54, 1.807) is 30.3 Å². The van der Waals surface area contributed by atoms with E-state index < -0.39 is 5.97 Å². The van der Waals surface area contributed by atoms with Crippen LogP contribution >= 0.6 is 11.6 Å². The number of hydrogen-bond donors (Lipinski definition) is 1. The molecule has 0 atom stereocenters. The second-order valence-electron chi connectivity index (χ2n) is 10.2. The number of carbonyl (C=O) groups is 2. The van der Waals surface area contributed by atoms with Crippen molar-refractivity contribution in [1.82, 2.24) is 10.2 Å². The minimum absolute atomic E-state index is 0.126. The Balaban J connectivity index is 1.20. The third-order valence-electron chi connectivity index (χ3n) is 6.55. The van der Waals surface area contributed by atoms with E-state index in [1.165, 1.54) is 11.3 Å². The fourth-order valence-corrected chi connectivity index (χ4v) is 4.73. The number of ether oxygens (including phenoxy) is 2. The summed E-state index contributed by atoms with van der Waals surface area (Å²) < 4.78 is 11.3. The summed E-state index contributed by atoms with van der Waals surface area (Å²) in [7, 11) is 4.06. The van der Waals surface area contributed by atoms with Gasteiger partial charge in [0.15, 0.2) is 0 Å². The summed E-state index contributed by atoms with van der Waals surface area (Å²) in [5, 5.41) is 3.57. The molecule has 0 spiro atoms. The number of likely N-dealkylation sites (N-methyl/N-ethyl adjacent to an activating group) is 1. The topological polar surface area (TPSA) is 67.9 Å². The van der Waals surface area contributed by atoms with Crippen LogP contribution < -0.4 is 14.8 Å². The molecule has 0 aliphatic heterocycles. The van der Waals surface area contributed by atoms with Gasteiger partial charge in [-0.05, 0) is 86.7 Å². The van der Waals surface area contributed by atoms with Crippen molar-refractivity contribution in [1.29, 1.82) is 0 Å². The molecule has 0 bridgehead atoms. The van der Waals surface area contributed by atoms with Gasteiger partial charge in [0.05, 0.1) is 12.2 Å². The lowest BCUT2D eigenvalue weighted by Gasteiger charge is -2.19. The molecule has 1 aliphatic rings. The van der Waals surface area contributed by atoms with E-state index in [0.29, 0.717) is 29.4 Å². The third kappa shape index (κ3) is 11.2. The highest BCUT2D eigenvalue weighted by atomic mass is 35.5. The lowest BCUT2D eigenvalue weighted by molar-refractivity contribution is -0.120. The lowest BCUT2D eigenvalue weighted by atomic mass is 9.99. The van der Waals surface area contributed by atoms with E-state index >= 15 is 0 Å². The van der Waals surface area contributed by atoms with Crippen LogP contribution in [0.4, 0.5) is 0 Å². The van der Waals surface area contributed by atoms with E-state index in [1.807, 2.05) is 33.2 Å². The van der Waals surface area contributed by atoms with E-state index in [4.69, 9.17) is 21.1 Å². The molecule has 1 amide bonds. The molecule has 1 N–H and O–H groups in total.